The summed E-state index contributed by atoms with van der Waals surface area (Å²) >= 11 is 0. The van der Waals surface area contributed by atoms with Crippen LogP contribution in [0.1, 0.15) is 30.6 Å². The molecule has 0 saturated carbocycles. The van der Waals surface area contributed by atoms with E-state index in [4.69, 9.17) is 0 Å². The fourth-order valence-corrected chi connectivity index (χ4v) is 5.50. The van der Waals surface area contributed by atoms with Gasteiger partial charge in [-0.1, -0.05) is 19.1 Å². The van der Waals surface area contributed by atoms with E-state index in [0.29, 0.717) is 12.0 Å². The maximum absolute atomic E-state index is 12.6. The standard InChI is InChI=1S/C15H22N2O5S2/c1-3-12-23(19,20)16-8-10-17(11-9-16)24(21,22)15-6-4-14(5-7-15)13(2)18/h4-7H,3,8-12H2,1-2H3. The second-order valence-corrected chi connectivity index (χ2v) is 9.73. The number of hydrogen-bond acceptors (Lipinski definition) is 5. The lowest BCUT2D eigenvalue weighted by Gasteiger charge is -2.33. The Balaban J connectivity index is 2.11. The van der Waals surface area contributed by atoms with E-state index in [1.807, 2.05) is 0 Å². The second-order valence-electron chi connectivity index (χ2n) is 5.70. The van der Waals surface area contributed by atoms with Gasteiger partial charge in [0, 0.05) is 31.7 Å². The van der Waals surface area contributed by atoms with E-state index < -0.39 is 20.0 Å². The van der Waals surface area contributed by atoms with Gasteiger partial charge in [-0.05, 0) is 25.5 Å². The van der Waals surface area contributed by atoms with Crippen LogP contribution in [-0.2, 0) is 20.0 Å². The van der Waals surface area contributed by atoms with Crippen LogP contribution in [0.5, 0.6) is 0 Å². The van der Waals surface area contributed by atoms with Crippen molar-refractivity contribution >= 4 is 25.8 Å². The van der Waals surface area contributed by atoms with Crippen LogP contribution in [0.3, 0.4) is 0 Å². The van der Waals surface area contributed by atoms with Crippen molar-refractivity contribution in [1.82, 2.24) is 8.61 Å². The highest BCUT2D eigenvalue weighted by atomic mass is 32.2. The molecule has 1 aromatic carbocycles. The van der Waals surface area contributed by atoms with Gasteiger partial charge in [-0.25, -0.2) is 16.8 Å². The number of ketones is 1. The Kier molecular flexibility index (Phi) is 5.79. The summed E-state index contributed by atoms with van der Waals surface area (Å²) in [5.74, 6) is -0.0552. The minimum absolute atomic E-state index is 0.0757. The van der Waals surface area contributed by atoms with E-state index in [-0.39, 0.29) is 42.6 Å². The van der Waals surface area contributed by atoms with Crippen molar-refractivity contribution in [3.05, 3.63) is 29.8 Å². The molecule has 0 amide bonds. The number of carbonyl (C=O) groups excluding carboxylic acids is 1. The zero-order valence-electron chi connectivity index (χ0n) is 13.8. The summed E-state index contributed by atoms with van der Waals surface area (Å²) in [6, 6.07) is 5.78. The number of benzene rings is 1. The molecule has 0 N–H and O–H groups in total. The largest absolute Gasteiger partial charge is 0.295 e. The molecule has 1 aliphatic heterocycles. The lowest BCUT2D eigenvalue weighted by molar-refractivity contribution is 0.101. The lowest BCUT2D eigenvalue weighted by atomic mass is 10.2. The third-order valence-corrected chi connectivity index (χ3v) is 7.94. The third kappa shape index (κ3) is 4.02. The van der Waals surface area contributed by atoms with Crippen LogP contribution < -0.4 is 0 Å². The Hall–Kier alpha value is -1.29. The van der Waals surface area contributed by atoms with E-state index in [1.165, 1.54) is 39.8 Å². The van der Waals surface area contributed by atoms with Gasteiger partial charge in [0.05, 0.1) is 10.6 Å². The highest BCUT2D eigenvalue weighted by Gasteiger charge is 2.32. The van der Waals surface area contributed by atoms with Crippen LogP contribution in [-0.4, -0.2) is 63.2 Å². The molecule has 1 aromatic rings. The van der Waals surface area contributed by atoms with Crippen molar-refractivity contribution in [3.63, 3.8) is 0 Å². The number of sulfonamides is 2. The van der Waals surface area contributed by atoms with Crippen molar-refractivity contribution in [3.8, 4) is 0 Å². The van der Waals surface area contributed by atoms with Crippen LogP contribution in [0.2, 0.25) is 0 Å². The predicted molar refractivity (Wildman–Crippen MR) is 90.9 cm³/mol. The molecule has 0 aliphatic carbocycles. The highest BCUT2D eigenvalue weighted by molar-refractivity contribution is 7.89. The van der Waals surface area contributed by atoms with Crippen molar-refractivity contribution in [2.24, 2.45) is 0 Å². The van der Waals surface area contributed by atoms with E-state index in [0.717, 1.165) is 0 Å². The molecule has 9 heteroatoms. The monoisotopic (exact) mass is 374 g/mol. The first-order valence-electron chi connectivity index (χ1n) is 7.77. The molecule has 0 unspecified atom stereocenters. The third-order valence-electron chi connectivity index (χ3n) is 3.95. The van der Waals surface area contributed by atoms with Gasteiger partial charge in [-0.15, -0.1) is 0 Å². The summed E-state index contributed by atoms with van der Waals surface area (Å²) in [5, 5.41) is 0. The normalized spacial score (nSPS) is 17.8. The first kappa shape index (κ1) is 19.0. The summed E-state index contributed by atoms with van der Waals surface area (Å²) in [7, 11) is -6.99. The van der Waals surface area contributed by atoms with Crippen molar-refractivity contribution in [2.75, 3.05) is 31.9 Å². The van der Waals surface area contributed by atoms with Crippen LogP contribution >= 0.6 is 0 Å². The molecular weight excluding hydrogens is 352 g/mol. The summed E-state index contributed by atoms with van der Waals surface area (Å²) in [6.07, 6.45) is 0.531. The van der Waals surface area contributed by atoms with Crippen LogP contribution in [0.25, 0.3) is 0 Å². The molecule has 2 rings (SSSR count). The van der Waals surface area contributed by atoms with Crippen molar-refractivity contribution in [2.45, 2.75) is 25.2 Å². The van der Waals surface area contributed by atoms with Gasteiger partial charge >= 0.3 is 0 Å². The smallest absolute Gasteiger partial charge is 0.243 e. The van der Waals surface area contributed by atoms with Gasteiger partial charge in [0.2, 0.25) is 20.0 Å². The van der Waals surface area contributed by atoms with Gasteiger partial charge in [0.25, 0.3) is 0 Å². The first-order chi connectivity index (χ1) is 11.2. The van der Waals surface area contributed by atoms with Gasteiger partial charge in [0.15, 0.2) is 5.78 Å². The number of nitrogens with zero attached hydrogens (tertiary/aromatic N) is 2. The average Bonchev–Trinajstić information content (AvgIpc) is 2.55. The molecule has 1 heterocycles. The summed E-state index contributed by atoms with van der Waals surface area (Å²) in [5.41, 5.74) is 0.449. The molecule has 1 aliphatic rings. The maximum atomic E-state index is 12.6. The Morgan fingerprint density at radius 1 is 0.958 bits per heavy atom. The lowest BCUT2D eigenvalue weighted by Crippen LogP contribution is -2.50. The zero-order valence-corrected chi connectivity index (χ0v) is 15.4. The molecule has 24 heavy (non-hydrogen) atoms. The van der Waals surface area contributed by atoms with Gasteiger partial charge < -0.3 is 0 Å². The van der Waals surface area contributed by atoms with Crippen LogP contribution in [0, 0.1) is 0 Å². The van der Waals surface area contributed by atoms with Crippen LogP contribution in [0.15, 0.2) is 29.2 Å². The highest BCUT2D eigenvalue weighted by Crippen LogP contribution is 2.19. The Morgan fingerprint density at radius 3 is 1.92 bits per heavy atom. The summed E-state index contributed by atoms with van der Waals surface area (Å²) < 4.78 is 52.0. The zero-order chi connectivity index (χ0) is 18.0. The fourth-order valence-electron chi connectivity index (χ4n) is 2.59. The van der Waals surface area contributed by atoms with E-state index in [2.05, 4.69) is 0 Å². The number of hydrogen-bond donors (Lipinski definition) is 0. The minimum atomic E-state index is -3.69. The molecule has 0 spiro atoms. The Labute approximate surface area is 143 Å². The minimum Gasteiger partial charge on any atom is -0.295 e. The number of rotatable bonds is 6. The molecule has 7 nitrogen and oxygen atoms in total. The maximum Gasteiger partial charge on any atom is 0.243 e. The molecule has 0 aromatic heterocycles. The summed E-state index contributed by atoms with van der Waals surface area (Å²) in [6.45, 7) is 3.78. The summed E-state index contributed by atoms with van der Waals surface area (Å²) in [4.78, 5) is 11.4. The van der Waals surface area contributed by atoms with Crippen molar-refractivity contribution < 1.29 is 21.6 Å². The number of carbonyl (C=O) groups is 1. The van der Waals surface area contributed by atoms with Crippen LogP contribution in [0.4, 0.5) is 0 Å². The van der Waals surface area contributed by atoms with E-state index in [1.54, 1.807) is 6.92 Å². The average molecular weight is 374 g/mol. The van der Waals surface area contributed by atoms with Gasteiger partial charge in [-0.2, -0.15) is 8.61 Å². The molecule has 1 fully saturated rings. The van der Waals surface area contributed by atoms with Gasteiger partial charge in [0.1, 0.15) is 0 Å². The van der Waals surface area contributed by atoms with Crippen molar-refractivity contribution in [1.29, 1.82) is 0 Å². The van der Waals surface area contributed by atoms with E-state index in [9.17, 15) is 21.6 Å². The predicted octanol–water partition coefficient (Wildman–Crippen LogP) is 0.935. The van der Waals surface area contributed by atoms with Gasteiger partial charge in [-0.3, -0.25) is 4.79 Å². The fraction of sp³-hybridized carbons (Fsp3) is 0.533. The topological polar surface area (TPSA) is 91.8 Å². The molecule has 0 atom stereocenters. The second kappa shape index (κ2) is 7.30. The number of Topliss-reactive ketones (excluding diaryl/α,β-unsaturated/α-hetero) is 1. The Bertz CT molecular complexity index is 793. The Morgan fingerprint density at radius 2 is 1.46 bits per heavy atom. The molecule has 0 bridgehead atoms. The number of piperazine rings is 1. The van der Waals surface area contributed by atoms with E-state index >= 15 is 0 Å². The molecule has 134 valence electrons. The molecule has 1 saturated heterocycles. The first-order valence-corrected chi connectivity index (χ1v) is 10.8. The molecule has 0 radical (unpaired) electrons. The molecular formula is C15H22N2O5S2. The SMILES string of the molecule is CCCS(=O)(=O)N1CCN(S(=O)(=O)c2ccc(C(C)=O)cc2)CC1. The quantitative estimate of drug-likeness (QED) is 0.691.